The summed E-state index contributed by atoms with van der Waals surface area (Å²) in [5.74, 6) is 0. The van der Waals surface area contributed by atoms with Crippen LogP contribution in [0.25, 0.3) is 0 Å². The van der Waals surface area contributed by atoms with Gasteiger partial charge >= 0.3 is 0 Å². The fourth-order valence-corrected chi connectivity index (χ4v) is 3.99. The summed E-state index contributed by atoms with van der Waals surface area (Å²) in [6.07, 6.45) is 1.48. The minimum atomic E-state index is -3.51. The summed E-state index contributed by atoms with van der Waals surface area (Å²) < 4.78 is 31.6. The number of rotatable bonds is 4. The van der Waals surface area contributed by atoms with Crippen molar-refractivity contribution in [3.63, 3.8) is 0 Å². The molecule has 108 valence electrons. The fourth-order valence-electron chi connectivity index (χ4n) is 1.93. The van der Waals surface area contributed by atoms with E-state index in [1.165, 1.54) is 39.9 Å². The standard InChI is InChI=1S/C13H11N3O3S2/c14-7-10-1-3-12(4-2-10)21(17,18)16-8-11(9-16)19-13-15-5-6-20-13/h1-6,11H,8-9H2. The van der Waals surface area contributed by atoms with E-state index >= 15 is 0 Å². The number of aromatic nitrogens is 1. The predicted molar refractivity (Wildman–Crippen MR) is 76.4 cm³/mol. The highest BCUT2D eigenvalue weighted by Crippen LogP contribution is 2.25. The Morgan fingerprint density at radius 2 is 2.05 bits per heavy atom. The smallest absolute Gasteiger partial charge is 0.273 e. The molecule has 8 heteroatoms. The molecule has 1 fully saturated rings. The Labute approximate surface area is 126 Å². The Bertz CT molecular complexity index is 758. The summed E-state index contributed by atoms with van der Waals surface area (Å²) in [6, 6.07) is 7.85. The monoisotopic (exact) mass is 321 g/mol. The van der Waals surface area contributed by atoms with E-state index in [1.807, 2.05) is 6.07 Å². The van der Waals surface area contributed by atoms with E-state index < -0.39 is 10.0 Å². The average molecular weight is 321 g/mol. The highest BCUT2D eigenvalue weighted by atomic mass is 32.2. The van der Waals surface area contributed by atoms with Gasteiger partial charge in [0.15, 0.2) is 0 Å². The van der Waals surface area contributed by atoms with Crippen LogP contribution >= 0.6 is 11.3 Å². The number of thiazole rings is 1. The Hall–Kier alpha value is -1.95. The van der Waals surface area contributed by atoms with Crippen LogP contribution in [0.2, 0.25) is 0 Å². The van der Waals surface area contributed by atoms with Crippen LogP contribution in [0.4, 0.5) is 0 Å². The van der Waals surface area contributed by atoms with Gasteiger partial charge in [0, 0.05) is 11.6 Å². The number of benzene rings is 1. The van der Waals surface area contributed by atoms with Gasteiger partial charge in [-0.25, -0.2) is 13.4 Å². The normalized spacial score (nSPS) is 16.1. The summed E-state index contributed by atoms with van der Waals surface area (Å²) >= 11 is 1.38. The van der Waals surface area contributed by atoms with Crippen LogP contribution in [-0.2, 0) is 10.0 Å². The lowest BCUT2D eigenvalue weighted by Crippen LogP contribution is -2.55. The molecular weight excluding hydrogens is 310 g/mol. The van der Waals surface area contributed by atoms with E-state index in [4.69, 9.17) is 10.00 Å². The van der Waals surface area contributed by atoms with Crippen molar-refractivity contribution in [2.24, 2.45) is 0 Å². The number of nitriles is 1. The number of ether oxygens (including phenoxy) is 1. The maximum Gasteiger partial charge on any atom is 0.273 e. The molecule has 6 nitrogen and oxygen atoms in total. The first-order valence-electron chi connectivity index (χ1n) is 6.16. The Morgan fingerprint density at radius 3 is 2.62 bits per heavy atom. The van der Waals surface area contributed by atoms with E-state index in [-0.39, 0.29) is 11.0 Å². The van der Waals surface area contributed by atoms with Gasteiger partial charge in [0.05, 0.1) is 29.6 Å². The third-order valence-corrected chi connectivity index (χ3v) is 5.62. The van der Waals surface area contributed by atoms with E-state index in [1.54, 1.807) is 11.6 Å². The zero-order valence-corrected chi connectivity index (χ0v) is 12.5. The van der Waals surface area contributed by atoms with Crippen molar-refractivity contribution in [3.05, 3.63) is 41.4 Å². The summed E-state index contributed by atoms with van der Waals surface area (Å²) in [5, 5.41) is 11.1. The highest BCUT2D eigenvalue weighted by molar-refractivity contribution is 7.89. The molecule has 2 heterocycles. The van der Waals surface area contributed by atoms with Gasteiger partial charge in [-0.05, 0) is 24.3 Å². The third-order valence-electron chi connectivity index (χ3n) is 3.11. The van der Waals surface area contributed by atoms with E-state index in [9.17, 15) is 8.42 Å². The lowest BCUT2D eigenvalue weighted by molar-refractivity contribution is 0.0759. The summed E-state index contributed by atoms with van der Waals surface area (Å²) in [4.78, 5) is 4.19. The largest absolute Gasteiger partial charge is 0.464 e. The molecule has 0 saturated carbocycles. The van der Waals surface area contributed by atoms with E-state index in [0.717, 1.165) is 0 Å². The van der Waals surface area contributed by atoms with E-state index in [2.05, 4.69) is 4.98 Å². The van der Waals surface area contributed by atoms with Crippen molar-refractivity contribution < 1.29 is 13.2 Å². The van der Waals surface area contributed by atoms with Crippen molar-refractivity contribution in [3.8, 4) is 11.3 Å². The molecule has 0 radical (unpaired) electrons. The van der Waals surface area contributed by atoms with Crippen LogP contribution in [0.1, 0.15) is 5.56 Å². The second-order valence-corrected chi connectivity index (χ2v) is 7.29. The molecule has 2 aromatic rings. The Balaban J connectivity index is 1.66. The first kappa shape index (κ1) is 14.0. The van der Waals surface area contributed by atoms with Crippen molar-refractivity contribution in [1.82, 2.24) is 9.29 Å². The Morgan fingerprint density at radius 1 is 1.33 bits per heavy atom. The zero-order chi connectivity index (χ0) is 14.9. The highest BCUT2D eigenvalue weighted by Gasteiger charge is 2.38. The van der Waals surface area contributed by atoms with Gasteiger partial charge in [-0.15, -0.1) is 0 Å². The topological polar surface area (TPSA) is 83.3 Å². The average Bonchev–Trinajstić information content (AvgIpc) is 2.95. The van der Waals surface area contributed by atoms with Crippen LogP contribution in [0, 0.1) is 11.3 Å². The van der Waals surface area contributed by atoms with Crippen LogP contribution in [-0.4, -0.2) is 36.9 Å². The first-order chi connectivity index (χ1) is 10.1. The minimum absolute atomic E-state index is 0.163. The molecule has 1 aromatic carbocycles. The molecule has 0 bridgehead atoms. The minimum Gasteiger partial charge on any atom is -0.464 e. The summed E-state index contributed by atoms with van der Waals surface area (Å²) in [5.41, 5.74) is 0.433. The molecule has 0 unspecified atom stereocenters. The maximum absolute atomic E-state index is 12.3. The molecule has 21 heavy (non-hydrogen) atoms. The fraction of sp³-hybridized carbons (Fsp3) is 0.231. The van der Waals surface area contributed by atoms with E-state index in [0.29, 0.717) is 23.8 Å². The molecular formula is C13H11N3O3S2. The maximum atomic E-state index is 12.3. The number of nitrogens with zero attached hydrogens (tertiary/aromatic N) is 3. The number of hydrogen-bond acceptors (Lipinski definition) is 6. The SMILES string of the molecule is N#Cc1ccc(S(=O)(=O)N2CC(Oc3nccs3)C2)cc1. The van der Waals surface area contributed by atoms with Crippen LogP contribution in [0.5, 0.6) is 5.19 Å². The zero-order valence-electron chi connectivity index (χ0n) is 10.8. The number of hydrogen-bond donors (Lipinski definition) is 0. The predicted octanol–water partition coefficient (Wildman–Crippen LogP) is 1.47. The third kappa shape index (κ3) is 2.76. The Kier molecular flexibility index (Phi) is 3.63. The summed E-state index contributed by atoms with van der Waals surface area (Å²) in [6.45, 7) is 0.615. The van der Waals surface area contributed by atoms with Gasteiger partial charge in [0.1, 0.15) is 6.10 Å². The molecule has 1 aliphatic rings. The second kappa shape index (κ2) is 5.44. The van der Waals surface area contributed by atoms with Crippen molar-refractivity contribution in [1.29, 1.82) is 5.26 Å². The van der Waals surface area contributed by atoms with Crippen molar-refractivity contribution in [2.45, 2.75) is 11.0 Å². The lowest BCUT2D eigenvalue weighted by atomic mass is 10.2. The molecule has 1 saturated heterocycles. The van der Waals surface area contributed by atoms with Gasteiger partial charge in [0.25, 0.3) is 5.19 Å². The molecule has 3 rings (SSSR count). The summed E-state index contributed by atoms with van der Waals surface area (Å²) in [7, 11) is -3.51. The van der Waals surface area contributed by atoms with Gasteiger partial charge < -0.3 is 4.74 Å². The van der Waals surface area contributed by atoms with Crippen molar-refractivity contribution >= 4 is 21.4 Å². The second-order valence-electron chi connectivity index (χ2n) is 4.50. The van der Waals surface area contributed by atoms with Gasteiger partial charge in [-0.1, -0.05) is 11.3 Å². The van der Waals surface area contributed by atoms with Crippen LogP contribution in [0.3, 0.4) is 0 Å². The first-order valence-corrected chi connectivity index (χ1v) is 8.48. The molecule has 1 aromatic heterocycles. The van der Waals surface area contributed by atoms with Crippen LogP contribution < -0.4 is 4.74 Å². The molecule has 0 amide bonds. The molecule has 0 spiro atoms. The van der Waals surface area contributed by atoms with Crippen LogP contribution in [0.15, 0.2) is 40.7 Å². The molecule has 0 aliphatic carbocycles. The van der Waals surface area contributed by atoms with Gasteiger partial charge in [-0.2, -0.15) is 9.57 Å². The lowest BCUT2D eigenvalue weighted by Gasteiger charge is -2.37. The van der Waals surface area contributed by atoms with Crippen molar-refractivity contribution in [2.75, 3.05) is 13.1 Å². The molecule has 0 atom stereocenters. The quantitative estimate of drug-likeness (QED) is 0.851. The molecule has 1 aliphatic heterocycles. The molecule has 0 N–H and O–H groups in total. The van der Waals surface area contributed by atoms with Gasteiger partial charge in [0.2, 0.25) is 10.0 Å². The number of sulfonamides is 1. The van der Waals surface area contributed by atoms with Gasteiger partial charge in [-0.3, -0.25) is 0 Å².